The van der Waals surface area contributed by atoms with Crippen molar-refractivity contribution in [3.8, 4) is 11.3 Å². The minimum absolute atomic E-state index is 0.280. The number of nitrogens with zero attached hydrogens (tertiary/aromatic N) is 1. The molecular weight excluding hydrogens is 351 g/mol. The normalized spacial score (nSPS) is 13.1. The summed E-state index contributed by atoms with van der Waals surface area (Å²) in [5.41, 5.74) is 1.91. The fourth-order valence-electron chi connectivity index (χ4n) is 3.01. The molecule has 24 heavy (non-hydrogen) atoms. The topological polar surface area (TPSA) is 12.9 Å². The van der Waals surface area contributed by atoms with Crippen LogP contribution in [0, 0.1) is 0 Å². The molecule has 0 spiro atoms. The molecule has 1 nitrogen and oxygen atoms in total. The Hall–Kier alpha value is -2.13. The number of aromatic nitrogens is 1. The van der Waals surface area contributed by atoms with Crippen LogP contribution in [-0.4, -0.2) is 18.3 Å². The molecule has 4 rings (SSSR count). The second-order valence-corrected chi connectivity index (χ2v) is 17.9. The maximum atomic E-state index is 8.45. The average Bonchev–Trinajstić information content (AvgIpc) is 2.65. The van der Waals surface area contributed by atoms with Crippen LogP contribution in [0.15, 0.2) is 72.9 Å². The average molecular weight is 374 g/mol. The fourth-order valence-corrected chi connectivity index (χ4v) is 5.18. The Bertz CT molecular complexity index is 1130. The summed E-state index contributed by atoms with van der Waals surface area (Å²) in [6.45, 7) is 0. The van der Waals surface area contributed by atoms with Crippen molar-refractivity contribution in [2.75, 3.05) is 0 Å². The number of benzene rings is 3. The summed E-state index contributed by atoms with van der Waals surface area (Å²) in [5, 5.41) is 3.69. The van der Waals surface area contributed by atoms with Gasteiger partial charge < -0.3 is 0 Å². The molecular formula is C22H21GeN. The summed E-state index contributed by atoms with van der Waals surface area (Å²) in [4.78, 5) is 4.68. The van der Waals surface area contributed by atoms with Gasteiger partial charge in [-0.15, -0.1) is 0 Å². The summed E-state index contributed by atoms with van der Waals surface area (Å²) < 4.78 is 18.2. The van der Waals surface area contributed by atoms with E-state index in [0.717, 1.165) is 32.8 Å². The van der Waals surface area contributed by atoms with Gasteiger partial charge in [0.1, 0.15) is 0 Å². The zero-order valence-corrected chi connectivity index (χ0v) is 16.3. The van der Waals surface area contributed by atoms with E-state index in [9.17, 15) is 0 Å². The Kier molecular flexibility index (Phi) is 3.16. The summed E-state index contributed by atoms with van der Waals surface area (Å²) in [6.07, 6.45) is 2.01. The first-order valence-electron chi connectivity index (χ1n) is 9.25. The van der Waals surface area contributed by atoms with Crippen LogP contribution in [0.1, 0.15) is 2.74 Å². The van der Waals surface area contributed by atoms with E-state index in [1.807, 2.05) is 36.5 Å². The molecule has 1 aromatic heterocycles. The van der Waals surface area contributed by atoms with Gasteiger partial charge in [-0.25, -0.2) is 0 Å². The second kappa shape index (κ2) is 5.75. The first-order valence-corrected chi connectivity index (χ1v) is 15.6. The van der Waals surface area contributed by atoms with E-state index < -0.39 is 13.3 Å². The molecule has 0 aliphatic heterocycles. The molecule has 4 aromatic rings. The molecule has 0 amide bonds. The predicted molar refractivity (Wildman–Crippen MR) is 108 cm³/mol. The van der Waals surface area contributed by atoms with Crippen molar-refractivity contribution in [3.05, 3.63) is 72.9 Å². The molecule has 0 aliphatic carbocycles. The third-order valence-electron chi connectivity index (χ3n) is 4.49. The number of fused-ring (bicyclic) bond motifs is 3. The summed E-state index contributed by atoms with van der Waals surface area (Å²) in [6, 6.07) is 18.8. The summed E-state index contributed by atoms with van der Waals surface area (Å²) in [7, 11) is 0. The van der Waals surface area contributed by atoms with E-state index in [2.05, 4.69) is 46.5 Å². The Labute approximate surface area is 148 Å². The molecule has 0 bridgehead atoms. The molecule has 3 aromatic carbocycles. The minimum atomic E-state index is -1.87. The summed E-state index contributed by atoms with van der Waals surface area (Å²) in [5.74, 6) is 7.08. The molecule has 0 radical (unpaired) electrons. The molecule has 118 valence electrons. The van der Waals surface area contributed by atoms with Gasteiger partial charge in [0.2, 0.25) is 0 Å². The predicted octanol–water partition coefficient (Wildman–Crippen LogP) is 5.60. The van der Waals surface area contributed by atoms with Crippen LogP contribution >= 0.6 is 0 Å². The molecule has 0 N–H and O–H groups in total. The van der Waals surface area contributed by atoms with Crippen LogP contribution in [0.5, 0.6) is 0 Å². The number of hydrogen-bond acceptors (Lipinski definition) is 1. The maximum absolute atomic E-state index is 8.45. The first-order chi connectivity index (χ1) is 12.4. The van der Waals surface area contributed by atoms with Crippen molar-refractivity contribution in [1.29, 1.82) is 0 Å². The Balaban J connectivity index is 1.91. The second-order valence-electron chi connectivity index (χ2n) is 7.24. The van der Waals surface area contributed by atoms with E-state index in [1.54, 1.807) is 0 Å². The SMILES string of the molecule is [2H]c1c([2H])c2cc(-c3cc[c]([Ge]([CH3])([CH3])[CH3])cn3)ccc2c2ccccc12. The van der Waals surface area contributed by atoms with E-state index in [0.29, 0.717) is 0 Å². The number of pyridine rings is 1. The Morgan fingerprint density at radius 3 is 2.33 bits per heavy atom. The van der Waals surface area contributed by atoms with Gasteiger partial charge in [-0.1, -0.05) is 0 Å². The van der Waals surface area contributed by atoms with Crippen LogP contribution in [-0.2, 0) is 0 Å². The van der Waals surface area contributed by atoms with E-state index >= 15 is 0 Å². The van der Waals surface area contributed by atoms with Gasteiger partial charge in [0.25, 0.3) is 0 Å². The molecule has 2 heteroatoms. The molecule has 1 heterocycles. The van der Waals surface area contributed by atoms with Crippen molar-refractivity contribution >= 4 is 39.2 Å². The van der Waals surface area contributed by atoms with Crippen molar-refractivity contribution < 1.29 is 2.74 Å². The summed E-state index contributed by atoms with van der Waals surface area (Å²) >= 11 is -1.87. The van der Waals surface area contributed by atoms with Crippen LogP contribution < -0.4 is 4.40 Å². The van der Waals surface area contributed by atoms with E-state index in [4.69, 9.17) is 2.74 Å². The van der Waals surface area contributed by atoms with Crippen LogP contribution in [0.2, 0.25) is 17.3 Å². The zero-order valence-electron chi connectivity index (χ0n) is 16.2. The van der Waals surface area contributed by atoms with Crippen LogP contribution in [0.3, 0.4) is 0 Å². The quantitative estimate of drug-likeness (QED) is 0.329. The van der Waals surface area contributed by atoms with Gasteiger partial charge in [-0.3, -0.25) is 0 Å². The molecule has 0 aliphatic rings. The molecule has 0 saturated carbocycles. The molecule has 0 unspecified atom stereocenters. The van der Waals surface area contributed by atoms with Crippen LogP contribution in [0.25, 0.3) is 32.8 Å². The number of rotatable bonds is 2. The monoisotopic (exact) mass is 375 g/mol. The van der Waals surface area contributed by atoms with E-state index in [1.165, 1.54) is 4.40 Å². The van der Waals surface area contributed by atoms with Crippen molar-refractivity contribution in [1.82, 2.24) is 4.98 Å². The van der Waals surface area contributed by atoms with Gasteiger partial charge in [0.05, 0.1) is 0 Å². The van der Waals surface area contributed by atoms with Crippen molar-refractivity contribution in [2.45, 2.75) is 17.3 Å². The van der Waals surface area contributed by atoms with Gasteiger partial charge in [-0.2, -0.15) is 0 Å². The van der Waals surface area contributed by atoms with Crippen molar-refractivity contribution in [3.63, 3.8) is 0 Å². The standard InChI is InChI=1S/C22H21GeN/c1-23(2,3)19-11-13-22(24-15-19)18-10-12-21-17(14-18)9-8-16-6-4-5-7-20(16)21/h4-15H,1-3H3/i8D,9D. The van der Waals surface area contributed by atoms with Gasteiger partial charge >= 0.3 is 148 Å². The van der Waals surface area contributed by atoms with Gasteiger partial charge in [0.15, 0.2) is 0 Å². The van der Waals surface area contributed by atoms with Crippen LogP contribution in [0.4, 0.5) is 0 Å². The first kappa shape index (κ1) is 13.2. The third kappa shape index (κ3) is 2.74. The molecule has 0 saturated heterocycles. The Morgan fingerprint density at radius 1 is 0.833 bits per heavy atom. The van der Waals surface area contributed by atoms with Gasteiger partial charge in [0, 0.05) is 0 Å². The zero-order chi connectivity index (χ0) is 18.5. The number of hydrogen-bond donors (Lipinski definition) is 0. The van der Waals surface area contributed by atoms with E-state index in [-0.39, 0.29) is 12.1 Å². The third-order valence-corrected chi connectivity index (χ3v) is 8.75. The molecule has 0 atom stereocenters. The van der Waals surface area contributed by atoms with Crippen molar-refractivity contribution in [2.24, 2.45) is 0 Å². The fraction of sp³-hybridized carbons (Fsp3) is 0.136. The van der Waals surface area contributed by atoms with Gasteiger partial charge in [-0.05, 0) is 0 Å². The molecule has 0 fully saturated rings. The Morgan fingerprint density at radius 2 is 1.58 bits per heavy atom.